The van der Waals surface area contributed by atoms with Gasteiger partial charge >= 0.3 is 0 Å². The predicted molar refractivity (Wildman–Crippen MR) is 84.5 cm³/mol. The van der Waals surface area contributed by atoms with Crippen LogP contribution in [0.3, 0.4) is 0 Å². The van der Waals surface area contributed by atoms with Crippen LogP contribution in [-0.2, 0) is 16.6 Å². The molecule has 4 heteroatoms. The quantitative estimate of drug-likeness (QED) is 0.677. The van der Waals surface area contributed by atoms with E-state index in [0.717, 1.165) is 17.5 Å². The molecule has 0 aliphatic heterocycles. The maximum Gasteiger partial charge on any atom is 0.220 e. The van der Waals surface area contributed by atoms with Crippen LogP contribution in [0.1, 0.15) is 51.2 Å². The van der Waals surface area contributed by atoms with Crippen LogP contribution < -0.4 is 5.32 Å². The van der Waals surface area contributed by atoms with Gasteiger partial charge in [-0.2, -0.15) is 0 Å². The number of amides is 1. The summed E-state index contributed by atoms with van der Waals surface area (Å²) in [4.78, 5) is 11.7. The predicted octanol–water partition coefficient (Wildman–Crippen LogP) is 2.51. The number of aromatic hydroxyl groups is 1. The molecule has 0 aromatic heterocycles. The molecule has 0 fully saturated rings. The highest BCUT2D eigenvalue weighted by Gasteiger charge is 2.19. The Morgan fingerprint density at radius 1 is 1.24 bits per heavy atom. The van der Waals surface area contributed by atoms with Crippen molar-refractivity contribution in [1.82, 2.24) is 5.32 Å². The number of aryl methyl sites for hydroxylation is 1. The van der Waals surface area contributed by atoms with Gasteiger partial charge in [-0.1, -0.05) is 39.0 Å². The van der Waals surface area contributed by atoms with Gasteiger partial charge in [0.15, 0.2) is 0 Å². The minimum Gasteiger partial charge on any atom is -0.507 e. The fourth-order valence-corrected chi connectivity index (χ4v) is 2.20. The van der Waals surface area contributed by atoms with E-state index in [1.54, 1.807) is 0 Å². The Kier molecular flexibility index (Phi) is 6.69. The van der Waals surface area contributed by atoms with Gasteiger partial charge in [0.2, 0.25) is 5.91 Å². The van der Waals surface area contributed by atoms with Gasteiger partial charge in [-0.05, 0) is 35.8 Å². The van der Waals surface area contributed by atoms with Crippen LogP contribution >= 0.6 is 0 Å². The minimum atomic E-state index is -0.118. The summed E-state index contributed by atoms with van der Waals surface area (Å²) in [5.74, 6) is 0.284. The number of aliphatic hydroxyl groups is 1. The second-order valence-electron chi connectivity index (χ2n) is 6.34. The number of aliphatic hydroxyl groups excluding tert-OH is 1. The first-order valence-electron chi connectivity index (χ1n) is 7.55. The number of carbonyl (C=O) groups excluding carboxylic acids is 1. The molecule has 1 aromatic carbocycles. The molecule has 0 bridgehead atoms. The molecular formula is C17H27NO3. The zero-order valence-electron chi connectivity index (χ0n) is 13.3. The van der Waals surface area contributed by atoms with Crippen molar-refractivity contribution in [2.75, 3.05) is 13.2 Å². The number of phenolic OH excluding ortho intramolecular Hbond substituents is 1. The molecule has 1 rings (SSSR count). The second-order valence-corrected chi connectivity index (χ2v) is 6.34. The lowest BCUT2D eigenvalue weighted by Gasteiger charge is -2.21. The lowest BCUT2D eigenvalue weighted by molar-refractivity contribution is -0.121. The summed E-state index contributed by atoms with van der Waals surface area (Å²) in [5, 5.41) is 21.8. The SMILES string of the molecule is CC(C)(C)c1cccc(CCC(=O)NCCCCO)c1O. The van der Waals surface area contributed by atoms with Crippen molar-refractivity contribution in [2.24, 2.45) is 0 Å². The van der Waals surface area contributed by atoms with Gasteiger partial charge in [-0.25, -0.2) is 0 Å². The Bertz CT molecular complexity index is 464. The molecule has 21 heavy (non-hydrogen) atoms. The van der Waals surface area contributed by atoms with E-state index in [4.69, 9.17) is 5.11 Å². The zero-order valence-corrected chi connectivity index (χ0v) is 13.3. The molecule has 4 nitrogen and oxygen atoms in total. The van der Waals surface area contributed by atoms with Crippen molar-refractivity contribution in [3.05, 3.63) is 29.3 Å². The molecule has 0 atom stereocenters. The molecule has 118 valence electrons. The largest absolute Gasteiger partial charge is 0.507 e. The maximum absolute atomic E-state index is 11.7. The molecule has 3 N–H and O–H groups in total. The molecular weight excluding hydrogens is 266 g/mol. The van der Waals surface area contributed by atoms with Crippen LogP contribution in [0.2, 0.25) is 0 Å². The number of phenols is 1. The summed E-state index contributed by atoms with van der Waals surface area (Å²) in [5.41, 5.74) is 1.60. The highest BCUT2D eigenvalue weighted by atomic mass is 16.3. The highest BCUT2D eigenvalue weighted by molar-refractivity contribution is 5.76. The van der Waals surface area contributed by atoms with Crippen molar-refractivity contribution in [2.45, 2.75) is 51.9 Å². The standard InChI is InChI=1S/C17H27NO3/c1-17(2,3)14-8-6-7-13(16(14)21)9-10-15(20)18-11-4-5-12-19/h6-8,19,21H,4-5,9-12H2,1-3H3,(H,18,20). The van der Waals surface area contributed by atoms with Gasteiger partial charge in [-0.3, -0.25) is 4.79 Å². The van der Waals surface area contributed by atoms with E-state index in [9.17, 15) is 9.90 Å². The van der Waals surface area contributed by atoms with Crippen molar-refractivity contribution < 1.29 is 15.0 Å². The maximum atomic E-state index is 11.7. The summed E-state index contributed by atoms with van der Waals surface area (Å²) in [6, 6.07) is 5.71. The summed E-state index contributed by atoms with van der Waals surface area (Å²) in [6.45, 7) is 6.91. The van der Waals surface area contributed by atoms with E-state index < -0.39 is 0 Å². The second kappa shape index (κ2) is 8.03. The molecule has 1 amide bonds. The Hall–Kier alpha value is -1.55. The van der Waals surface area contributed by atoms with E-state index in [2.05, 4.69) is 26.1 Å². The van der Waals surface area contributed by atoms with Crippen molar-refractivity contribution >= 4 is 5.91 Å². The first-order valence-corrected chi connectivity index (χ1v) is 7.55. The fraction of sp³-hybridized carbons (Fsp3) is 0.588. The lowest BCUT2D eigenvalue weighted by atomic mass is 9.85. The van der Waals surface area contributed by atoms with Crippen LogP contribution in [0.4, 0.5) is 0 Å². The minimum absolute atomic E-state index is 0.0199. The topological polar surface area (TPSA) is 69.6 Å². The van der Waals surface area contributed by atoms with Crippen LogP contribution in [-0.4, -0.2) is 29.3 Å². The highest BCUT2D eigenvalue weighted by Crippen LogP contribution is 2.33. The molecule has 0 spiro atoms. The van der Waals surface area contributed by atoms with Gasteiger partial charge < -0.3 is 15.5 Å². The number of hydrogen-bond donors (Lipinski definition) is 3. The smallest absolute Gasteiger partial charge is 0.220 e. The number of rotatable bonds is 7. The third-order valence-corrected chi connectivity index (χ3v) is 3.46. The number of nitrogens with one attached hydrogen (secondary N) is 1. The monoisotopic (exact) mass is 293 g/mol. The summed E-state index contributed by atoms with van der Waals surface area (Å²) in [6.07, 6.45) is 2.38. The first kappa shape index (κ1) is 17.5. The van der Waals surface area contributed by atoms with Crippen LogP contribution in [0.25, 0.3) is 0 Å². The molecule has 0 aliphatic carbocycles. The van der Waals surface area contributed by atoms with Gasteiger partial charge in [0, 0.05) is 19.6 Å². The molecule has 1 aromatic rings. The molecule has 0 saturated heterocycles. The zero-order chi connectivity index (χ0) is 15.9. The lowest BCUT2D eigenvalue weighted by Crippen LogP contribution is -2.24. The number of para-hydroxylation sites is 1. The number of carbonyl (C=O) groups is 1. The van der Waals surface area contributed by atoms with E-state index in [0.29, 0.717) is 31.6 Å². The number of benzene rings is 1. The summed E-state index contributed by atoms with van der Waals surface area (Å²) < 4.78 is 0. The molecule has 0 saturated carbocycles. The van der Waals surface area contributed by atoms with Crippen LogP contribution in [0.15, 0.2) is 18.2 Å². The Labute approximate surface area is 127 Å². The van der Waals surface area contributed by atoms with E-state index >= 15 is 0 Å². The summed E-state index contributed by atoms with van der Waals surface area (Å²) in [7, 11) is 0. The molecule has 0 radical (unpaired) electrons. The Morgan fingerprint density at radius 2 is 1.95 bits per heavy atom. The van der Waals surface area contributed by atoms with Crippen molar-refractivity contribution in [1.29, 1.82) is 0 Å². The van der Waals surface area contributed by atoms with Crippen molar-refractivity contribution in [3.8, 4) is 5.75 Å². The third kappa shape index (κ3) is 5.76. The van der Waals surface area contributed by atoms with E-state index in [1.165, 1.54) is 0 Å². The Morgan fingerprint density at radius 3 is 2.57 bits per heavy atom. The van der Waals surface area contributed by atoms with Crippen LogP contribution in [0, 0.1) is 0 Å². The third-order valence-electron chi connectivity index (χ3n) is 3.46. The van der Waals surface area contributed by atoms with E-state index in [1.807, 2.05) is 18.2 Å². The molecule has 0 aliphatic rings. The normalized spacial score (nSPS) is 11.4. The van der Waals surface area contributed by atoms with Gasteiger partial charge in [0.1, 0.15) is 5.75 Å². The fourth-order valence-electron chi connectivity index (χ4n) is 2.20. The summed E-state index contributed by atoms with van der Waals surface area (Å²) >= 11 is 0. The average Bonchev–Trinajstić information content (AvgIpc) is 2.41. The number of unbranched alkanes of at least 4 members (excludes halogenated alkanes) is 1. The van der Waals surface area contributed by atoms with Gasteiger partial charge in [-0.15, -0.1) is 0 Å². The van der Waals surface area contributed by atoms with E-state index in [-0.39, 0.29) is 17.9 Å². The molecule has 0 heterocycles. The van der Waals surface area contributed by atoms with Crippen LogP contribution in [0.5, 0.6) is 5.75 Å². The Balaban J connectivity index is 2.54. The number of hydrogen-bond acceptors (Lipinski definition) is 3. The van der Waals surface area contributed by atoms with Crippen molar-refractivity contribution in [3.63, 3.8) is 0 Å². The average molecular weight is 293 g/mol. The van der Waals surface area contributed by atoms with Gasteiger partial charge in [0.05, 0.1) is 0 Å². The molecule has 0 unspecified atom stereocenters. The van der Waals surface area contributed by atoms with Gasteiger partial charge in [0.25, 0.3) is 0 Å². The first-order chi connectivity index (χ1) is 9.86.